The van der Waals surface area contributed by atoms with Crippen molar-refractivity contribution in [1.82, 2.24) is 4.98 Å². The zero-order valence-corrected chi connectivity index (χ0v) is 16.4. The van der Waals surface area contributed by atoms with E-state index >= 15 is 0 Å². The average Bonchev–Trinajstić information content (AvgIpc) is 3.17. The summed E-state index contributed by atoms with van der Waals surface area (Å²) in [5.74, 6) is -0.758. The van der Waals surface area contributed by atoms with E-state index < -0.39 is 5.97 Å². The molecule has 0 atom stereocenters. The van der Waals surface area contributed by atoms with Crippen molar-refractivity contribution < 1.29 is 14.3 Å². The summed E-state index contributed by atoms with van der Waals surface area (Å²) in [4.78, 5) is 31.7. The fraction of sp³-hybridized carbons (Fsp3) is 0.286. The molecule has 1 aliphatic heterocycles. The van der Waals surface area contributed by atoms with E-state index in [0.29, 0.717) is 16.8 Å². The van der Waals surface area contributed by atoms with Crippen molar-refractivity contribution in [1.29, 1.82) is 0 Å². The van der Waals surface area contributed by atoms with Crippen LogP contribution in [0.25, 0.3) is 10.2 Å². The molecule has 144 valence electrons. The monoisotopic (exact) mass is 395 g/mol. The highest BCUT2D eigenvalue weighted by molar-refractivity contribution is 7.22. The lowest BCUT2D eigenvalue weighted by Gasteiger charge is -2.25. The largest absolute Gasteiger partial charge is 0.465 e. The number of methoxy groups -OCH3 is 1. The molecule has 1 N–H and O–H groups in total. The summed E-state index contributed by atoms with van der Waals surface area (Å²) in [5, 5.41) is 3.83. The molecular weight excluding hydrogens is 374 g/mol. The lowest BCUT2D eigenvalue weighted by atomic mass is 10.1. The Morgan fingerprint density at radius 2 is 1.89 bits per heavy atom. The Kier molecular flexibility index (Phi) is 5.25. The van der Waals surface area contributed by atoms with Crippen molar-refractivity contribution in [3.05, 3.63) is 53.6 Å². The minimum absolute atomic E-state index is 0.272. The number of para-hydroxylation sites is 1. The van der Waals surface area contributed by atoms with E-state index in [1.807, 2.05) is 12.1 Å². The van der Waals surface area contributed by atoms with Crippen LogP contribution in [0.3, 0.4) is 0 Å². The molecular formula is C21H21N3O3S. The van der Waals surface area contributed by atoms with Crippen molar-refractivity contribution in [3.63, 3.8) is 0 Å². The van der Waals surface area contributed by atoms with Gasteiger partial charge in [0.2, 0.25) is 0 Å². The van der Waals surface area contributed by atoms with Gasteiger partial charge in [0.15, 0.2) is 5.13 Å². The molecule has 0 saturated carbocycles. The van der Waals surface area contributed by atoms with E-state index in [0.717, 1.165) is 28.4 Å². The number of anilines is 2. The number of amides is 1. The molecule has 0 unspecified atom stereocenters. The molecule has 6 nitrogen and oxygen atoms in total. The third-order valence-electron chi connectivity index (χ3n) is 4.85. The highest BCUT2D eigenvalue weighted by atomic mass is 32.1. The van der Waals surface area contributed by atoms with Crippen molar-refractivity contribution in [2.75, 3.05) is 30.4 Å². The first-order valence-corrected chi connectivity index (χ1v) is 10.1. The first-order chi connectivity index (χ1) is 13.7. The topological polar surface area (TPSA) is 71.5 Å². The molecule has 1 fully saturated rings. The number of carbonyl (C=O) groups excluding carboxylic acids is 2. The average molecular weight is 395 g/mol. The molecule has 0 spiro atoms. The molecule has 2 aromatic carbocycles. The van der Waals surface area contributed by atoms with Gasteiger partial charge in [0.05, 0.1) is 28.6 Å². The summed E-state index contributed by atoms with van der Waals surface area (Å²) >= 11 is 1.61. The summed E-state index contributed by atoms with van der Waals surface area (Å²) in [6.07, 6.45) is 3.67. The Balaban J connectivity index is 1.57. The fourth-order valence-corrected chi connectivity index (χ4v) is 4.41. The molecule has 1 aromatic heterocycles. The Morgan fingerprint density at radius 1 is 1.11 bits per heavy atom. The van der Waals surface area contributed by atoms with E-state index in [2.05, 4.69) is 10.2 Å². The van der Waals surface area contributed by atoms with Crippen LogP contribution in [0.2, 0.25) is 0 Å². The first-order valence-electron chi connectivity index (χ1n) is 9.30. The molecule has 1 aliphatic rings. The molecule has 0 bridgehead atoms. The van der Waals surface area contributed by atoms with E-state index in [9.17, 15) is 9.59 Å². The maximum absolute atomic E-state index is 12.7. The Bertz CT molecular complexity index is 1020. The number of hydrogen-bond donors (Lipinski definition) is 1. The molecule has 4 rings (SSSR count). The zero-order valence-electron chi connectivity index (χ0n) is 15.6. The van der Waals surface area contributed by atoms with Gasteiger partial charge in [-0.1, -0.05) is 23.5 Å². The fourth-order valence-electron chi connectivity index (χ4n) is 3.35. The van der Waals surface area contributed by atoms with Crippen LogP contribution >= 0.6 is 11.3 Å². The van der Waals surface area contributed by atoms with Crippen LogP contribution < -0.4 is 10.2 Å². The molecule has 28 heavy (non-hydrogen) atoms. The van der Waals surface area contributed by atoms with Gasteiger partial charge in [-0.25, -0.2) is 9.78 Å². The number of rotatable bonds is 4. The second kappa shape index (κ2) is 7.98. The van der Waals surface area contributed by atoms with E-state index in [-0.39, 0.29) is 5.91 Å². The second-order valence-corrected chi connectivity index (χ2v) is 7.73. The molecule has 0 radical (unpaired) electrons. The Morgan fingerprint density at radius 3 is 2.68 bits per heavy atom. The number of nitrogens with zero attached hydrogens (tertiary/aromatic N) is 2. The number of thiazole rings is 1. The van der Waals surface area contributed by atoms with E-state index in [1.165, 1.54) is 26.4 Å². The number of ether oxygens (including phenoxy) is 1. The van der Waals surface area contributed by atoms with Crippen LogP contribution in [-0.2, 0) is 4.74 Å². The third-order valence-corrected chi connectivity index (χ3v) is 5.93. The Labute approximate surface area is 167 Å². The smallest absolute Gasteiger partial charge is 0.339 e. The second-order valence-electron chi connectivity index (χ2n) is 6.72. The van der Waals surface area contributed by atoms with Gasteiger partial charge in [-0.3, -0.25) is 4.79 Å². The first kappa shape index (κ1) is 18.4. The third kappa shape index (κ3) is 3.71. The van der Waals surface area contributed by atoms with Gasteiger partial charge in [-0.05, 0) is 49.6 Å². The van der Waals surface area contributed by atoms with Gasteiger partial charge in [0.1, 0.15) is 0 Å². The van der Waals surface area contributed by atoms with Crippen molar-refractivity contribution >= 4 is 44.2 Å². The summed E-state index contributed by atoms with van der Waals surface area (Å²) < 4.78 is 5.76. The molecule has 1 amide bonds. The van der Waals surface area contributed by atoms with Crippen molar-refractivity contribution in [3.8, 4) is 0 Å². The van der Waals surface area contributed by atoms with E-state index in [4.69, 9.17) is 9.72 Å². The number of esters is 1. The molecule has 7 heteroatoms. The minimum atomic E-state index is -0.486. The van der Waals surface area contributed by atoms with Crippen LogP contribution in [0, 0.1) is 0 Å². The highest BCUT2D eigenvalue weighted by Crippen LogP contribution is 2.31. The van der Waals surface area contributed by atoms with Crippen LogP contribution in [-0.4, -0.2) is 37.1 Å². The summed E-state index contributed by atoms with van der Waals surface area (Å²) in [5.41, 5.74) is 2.18. The number of benzene rings is 2. The lowest BCUT2D eigenvalue weighted by molar-refractivity contribution is 0.0602. The van der Waals surface area contributed by atoms with Gasteiger partial charge in [0.25, 0.3) is 5.91 Å². The minimum Gasteiger partial charge on any atom is -0.465 e. The number of piperidine rings is 1. The summed E-state index contributed by atoms with van der Waals surface area (Å²) in [6, 6.07) is 12.3. The quantitative estimate of drug-likeness (QED) is 0.666. The molecule has 3 aromatic rings. The zero-order chi connectivity index (χ0) is 19.5. The number of fused-ring (bicyclic) bond motifs is 1. The predicted molar refractivity (Wildman–Crippen MR) is 111 cm³/mol. The molecule has 2 heterocycles. The highest BCUT2D eigenvalue weighted by Gasteiger charge is 2.17. The van der Waals surface area contributed by atoms with E-state index in [1.54, 1.807) is 41.7 Å². The van der Waals surface area contributed by atoms with Crippen LogP contribution in [0.4, 0.5) is 10.8 Å². The SMILES string of the molecule is COC(=O)c1ccccc1NC(=O)c1ccc2nc(N3CCCCC3)sc2c1. The van der Waals surface area contributed by atoms with Gasteiger partial charge >= 0.3 is 5.97 Å². The normalized spacial score (nSPS) is 14.1. The van der Waals surface area contributed by atoms with Crippen LogP contribution in [0.1, 0.15) is 40.0 Å². The number of hydrogen-bond acceptors (Lipinski definition) is 6. The van der Waals surface area contributed by atoms with Crippen molar-refractivity contribution in [2.24, 2.45) is 0 Å². The maximum atomic E-state index is 12.7. The number of nitrogens with one attached hydrogen (secondary N) is 1. The predicted octanol–water partition coefficient (Wildman–Crippen LogP) is 4.33. The Hall–Kier alpha value is -2.93. The standard InChI is InChI=1S/C21H21N3O3S/c1-27-20(26)15-7-3-4-8-16(15)22-19(25)14-9-10-17-18(13-14)28-21(23-17)24-11-5-2-6-12-24/h3-4,7-10,13H,2,5-6,11-12H2,1H3,(H,22,25). The number of aromatic nitrogens is 1. The van der Waals surface area contributed by atoms with Crippen LogP contribution in [0.15, 0.2) is 42.5 Å². The summed E-state index contributed by atoms with van der Waals surface area (Å²) in [6.45, 7) is 2.08. The summed E-state index contributed by atoms with van der Waals surface area (Å²) in [7, 11) is 1.32. The number of carbonyl (C=O) groups is 2. The molecule has 1 saturated heterocycles. The van der Waals surface area contributed by atoms with Crippen molar-refractivity contribution in [2.45, 2.75) is 19.3 Å². The maximum Gasteiger partial charge on any atom is 0.339 e. The van der Waals surface area contributed by atoms with Gasteiger partial charge in [-0.15, -0.1) is 0 Å². The van der Waals surface area contributed by atoms with Gasteiger partial charge < -0.3 is 15.0 Å². The molecule has 0 aliphatic carbocycles. The van der Waals surface area contributed by atoms with Crippen LogP contribution in [0.5, 0.6) is 0 Å². The lowest BCUT2D eigenvalue weighted by Crippen LogP contribution is -2.29. The van der Waals surface area contributed by atoms with Gasteiger partial charge in [0, 0.05) is 18.7 Å². The van der Waals surface area contributed by atoms with Gasteiger partial charge in [-0.2, -0.15) is 0 Å².